The Kier molecular flexibility index (Phi) is 5.24. The third-order valence-electron chi connectivity index (χ3n) is 4.33. The molecule has 0 saturated carbocycles. The first kappa shape index (κ1) is 19.0. The van der Waals surface area contributed by atoms with E-state index in [2.05, 4.69) is 15.4 Å². The summed E-state index contributed by atoms with van der Waals surface area (Å²) in [4.78, 5) is 0. The van der Waals surface area contributed by atoms with Crippen LogP contribution in [0, 0.1) is 6.92 Å². The summed E-state index contributed by atoms with van der Waals surface area (Å²) in [5.74, 6) is 1.40. The van der Waals surface area contributed by atoms with Gasteiger partial charge in [-0.15, -0.1) is 10.2 Å². The molecule has 1 unspecified atom stereocenters. The fourth-order valence-electron chi connectivity index (χ4n) is 2.99. The van der Waals surface area contributed by atoms with Crippen molar-refractivity contribution in [2.24, 2.45) is 0 Å². The van der Waals surface area contributed by atoms with Gasteiger partial charge in [-0.3, -0.25) is 4.21 Å². The molecule has 0 aliphatic heterocycles. The Morgan fingerprint density at radius 3 is 2.59 bits per heavy atom. The Bertz CT molecular complexity index is 1170. The molecule has 0 saturated heterocycles. The summed E-state index contributed by atoms with van der Waals surface area (Å²) in [6.07, 6.45) is 0. The number of aryl methyl sites for hydroxylation is 1. The summed E-state index contributed by atoms with van der Waals surface area (Å²) in [6.45, 7) is 1.77. The van der Waals surface area contributed by atoms with Gasteiger partial charge in [-0.2, -0.15) is 0 Å². The van der Waals surface area contributed by atoms with Gasteiger partial charge in [-0.25, -0.2) is 0 Å². The molecule has 0 radical (unpaired) electrons. The van der Waals surface area contributed by atoms with Gasteiger partial charge in [0, 0.05) is 11.3 Å². The number of rotatable bonds is 6. The van der Waals surface area contributed by atoms with E-state index in [9.17, 15) is 8.76 Å². The average Bonchev–Trinajstić information content (AvgIpc) is 3.34. The number of methoxy groups -OCH3 is 1. The van der Waals surface area contributed by atoms with Crippen molar-refractivity contribution in [1.82, 2.24) is 15.4 Å². The van der Waals surface area contributed by atoms with Gasteiger partial charge in [0.15, 0.2) is 0 Å². The predicted octanol–water partition coefficient (Wildman–Crippen LogP) is 3.75. The van der Waals surface area contributed by atoms with Crippen molar-refractivity contribution in [3.63, 3.8) is 0 Å². The van der Waals surface area contributed by atoms with E-state index in [1.54, 1.807) is 25.1 Å². The molecule has 2 heterocycles. The van der Waals surface area contributed by atoms with Gasteiger partial charge in [-0.05, 0) is 24.6 Å². The van der Waals surface area contributed by atoms with Crippen molar-refractivity contribution in [1.29, 1.82) is 0 Å². The van der Waals surface area contributed by atoms with E-state index in [1.165, 1.54) is 7.11 Å². The van der Waals surface area contributed by atoms with Crippen molar-refractivity contribution in [3.05, 3.63) is 59.9 Å². The van der Waals surface area contributed by atoms with Gasteiger partial charge in [-0.1, -0.05) is 52.6 Å². The van der Waals surface area contributed by atoms with Gasteiger partial charge in [0.25, 0.3) is 11.8 Å². The Hall–Kier alpha value is -3.30. The van der Waals surface area contributed by atoms with Crippen LogP contribution in [0.1, 0.15) is 11.3 Å². The molecular formula is C20H16N3O5S-. The van der Waals surface area contributed by atoms with Crippen LogP contribution < -0.4 is 4.74 Å². The quantitative estimate of drug-likeness (QED) is 0.441. The highest BCUT2D eigenvalue weighted by Gasteiger charge is 2.23. The minimum Gasteiger partial charge on any atom is -0.772 e. The molecule has 8 nitrogen and oxygen atoms in total. The van der Waals surface area contributed by atoms with E-state index in [1.807, 2.05) is 30.3 Å². The van der Waals surface area contributed by atoms with Crippen LogP contribution in [-0.4, -0.2) is 31.2 Å². The number of benzene rings is 2. The Morgan fingerprint density at radius 1 is 1.10 bits per heavy atom. The molecule has 29 heavy (non-hydrogen) atoms. The van der Waals surface area contributed by atoms with Gasteiger partial charge < -0.3 is 18.2 Å². The SMILES string of the molecule is COc1cc(CS(=O)[O-])ccc1-c1nnc(-c2c(-c3ccccc3)noc2C)o1. The highest BCUT2D eigenvalue weighted by Crippen LogP contribution is 2.36. The van der Waals surface area contributed by atoms with E-state index in [0.717, 1.165) is 5.56 Å². The van der Waals surface area contributed by atoms with Crippen molar-refractivity contribution in [2.75, 3.05) is 7.11 Å². The fourth-order valence-corrected chi connectivity index (χ4v) is 3.44. The molecule has 0 aliphatic carbocycles. The maximum absolute atomic E-state index is 10.9. The lowest BCUT2D eigenvalue weighted by atomic mass is 10.1. The van der Waals surface area contributed by atoms with Crippen LogP contribution in [0.25, 0.3) is 34.2 Å². The first-order chi connectivity index (χ1) is 14.1. The van der Waals surface area contributed by atoms with Crippen LogP contribution >= 0.6 is 0 Å². The highest BCUT2D eigenvalue weighted by atomic mass is 32.2. The summed E-state index contributed by atoms with van der Waals surface area (Å²) in [7, 11) is 1.49. The first-order valence-electron chi connectivity index (χ1n) is 8.65. The van der Waals surface area contributed by atoms with E-state index in [-0.39, 0.29) is 17.5 Å². The molecule has 0 N–H and O–H groups in total. The molecule has 2 aromatic carbocycles. The lowest BCUT2D eigenvalue weighted by molar-refractivity contribution is 0.399. The molecule has 2 aromatic heterocycles. The molecule has 0 fully saturated rings. The number of nitrogens with zero attached hydrogens (tertiary/aromatic N) is 3. The van der Waals surface area contributed by atoms with Crippen molar-refractivity contribution >= 4 is 11.1 Å². The number of ether oxygens (including phenoxy) is 1. The Morgan fingerprint density at radius 2 is 1.86 bits per heavy atom. The molecular weight excluding hydrogens is 394 g/mol. The van der Waals surface area contributed by atoms with Crippen LogP contribution in [0.5, 0.6) is 5.75 Å². The van der Waals surface area contributed by atoms with Gasteiger partial charge in [0.1, 0.15) is 22.8 Å². The predicted molar refractivity (Wildman–Crippen MR) is 105 cm³/mol. The summed E-state index contributed by atoms with van der Waals surface area (Å²) >= 11 is -2.19. The zero-order valence-electron chi connectivity index (χ0n) is 15.6. The Balaban J connectivity index is 1.74. The van der Waals surface area contributed by atoms with Gasteiger partial charge in [0.2, 0.25) is 0 Å². The number of hydrogen-bond donors (Lipinski definition) is 0. The maximum atomic E-state index is 10.9. The van der Waals surface area contributed by atoms with E-state index in [4.69, 9.17) is 13.7 Å². The third-order valence-corrected chi connectivity index (χ3v) is 4.90. The lowest BCUT2D eigenvalue weighted by Gasteiger charge is -2.09. The van der Waals surface area contributed by atoms with E-state index >= 15 is 0 Å². The molecule has 0 aliphatic rings. The second-order valence-corrected chi connectivity index (χ2v) is 7.12. The average molecular weight is 410 g/mol. The van der Waals surface area contributed by atoms with Gasteiger partial charge in [0.05, 0.1) is 12.7 Å². The number of aromatic nitrogens is 3. The van der Waals surface area contributed by atoms with Crippen LogP contribution in [0.4, 0.5) is 0 Å². The second kappa shape index (κ2) is 7.98. The molecule has 9 heteroatoms. The summed E-state index contributed by atoms with van der Waals surface area (Å²) in [5, 5.41) is 12.4. The maximum Gasteiger partial charge on any atom is 0.254 e. The topological polar surface area (TPSA) is 114 Å². The van der Waals surface area contributed by atoms with Crippen molar-refractivity contribution in [2.45, 2.75) is 12.7 Å². The smallest absolute Gasteiger partial charge is 0.254 e. The molecule has 0 spiro atoms. The molecule has 4 aromatic rings. The van der Waals surface area contributed by atoms with Crippen molar-refractivity contribution in [3.8, 4) is 39.9 Å². The normalized spacial score (nSPS) is 12.1. The Labute approximate surface area is 168 Å². The molecule has 0 amide bonds. The van der Waals surface area contributed by atoms with Crippen LogP contribution in [0.2, 0.25) is 0 Å². The van der Waals surface area contributed by atoms with E-state index < -0.39 is 11.1 Å². The van der Waals surface area contributed by atoms with Crippen molar-refractivity contribution < 1.29 is 22.4 Å². The van der Waals surface area contributed by atoms with Crippen LogP contribution in [-0.2, 0) is 16.8 Å². The summed E-state index contributed by atoms with van der Waals surface area (Å²) < 4.78 is 38.5. The zero-order valence-corrected chi connectivity index (χ0v) is 16.4. The molecule has 148 valence electrons. The monoisotopic (exact) mass is 410 g/mol. The minimum absolute atomic E-state index is 0.105. The lowest BCUT2D eigenvalue weighted by Crippen LogP contribution is -1.95. The third kappa shape index (κ3) is 3.82. The first-order valence-corrected chi connectivity index (χ1v) is 9.90. The summed E-state index contributed by atoms with van der Waals surface area (Å²) in [5.41, 5.74) is 3.25. The van der Waals surface area contributed by atoms with Crippen LogP contribution in [0.15, 0.2) is 57.5 Å². The number of hydrogen-bond acceptors (Lipinski definition) is 8. The largest absolute Gasteiger partial charge is 0.772 e. The zero-order chi connectivity index (χ0) is 20.4. The molecule has 4 rings (SSSR count). The van der Waals surface area contributed by atoms with E-state index in [0.29, 0.717) is 33.9 Å². The second-order valence-electron chi connectivity index (χ2n) is 6.22. The fraction of sp³-hybridized carbons (Fsp3) is 0.150. The van der Waals surface area contributed by atoms with Gasteiger partial charge >= 0.3 is 0 Å². The minimum atomic E-state index is -2.19. The standard InChI is InChI=1S/C20H17N3O5S/c1-12-17(18(23-28-12)14-6-4-3-5-7-14)20-22-21-19(27-20)15-9-8-13(11-29(24)25)10-16(15)26-2/h3-10H,11H2,1-2H3,(H,24,25)/p-1. The molecule has 0 bridgehead atoms. The van der Waals surface area contributed by atoms with Crippen LogP contribution in [0.3, 0.4) is 0 Å². The molecule has 1 atom stereocenters. The highest BCUT2D eigenvalue weighted by molar-refractivity contribution is 7.78. The summed E-state index contributed by atoms with van der Waals surface area (Å²) in [6, 6.07) is 14.6.